The van der Waals surface area contributed by atoms with Crippen LogP contribution in [0.2, 0.25) is 5.02 Å². The maximum absolute atomic E-state index is 13.0. The molecule has 0 saturated carbocycles. The van der Waals surface area contributed by atoms with Crippen LogP contribution in [0.5, 0.6) is 5.88 Å². The molecule has 37 heavy (non-hydrogen) atoms. The number of methoxy groups -OCH3 is 1. The van der Waals surface area contributed by atoms with Crippen molar-refractivity contribution < 1.29 is 27.5 Å². The van der Waals surface area contributed by atoms with E-state index in [1.54, 1.807) is 32.3 Å². The molecule has 2 N–H and O–H groups in total. The summed E-state index contributed by atoms with van der Waals surface area (Å²) in [5.74, 6) is -1.05. The number of nitrogens with zero attached hydrogens (tertiary/aromatic N) is 4. The normalized spacial score (nSPS) is 12.9. The highest BCUT2D eigenvalue weighted by Crippen LogP contribution is 2.35. The van der Waals surface area contributed by atoms with Gasteiger partial charge in [-0.1, -0.05) is 11.6 Å². The van der Waals surface area contributed by atoms with Gasteiger partial charge in [-0.2, -0.15) is 13.2 Å². The van der Waals surface area contributed by atoms with Gasteiger partial charge in [0.05, 0.1) is 35.6 Å². The van der Waals surface area contributed by atoms with E-state index in [0.717, 1.165) is 17.5 Å². The summed E-state index contributed by atoms with van der Waals surface area (Å²) in [5, 5.41) is 4.85. The third-order valence-corrected chi connectivity index (χ3v) is 6.23. The summed E-state index contributed by atoms with van der Waals surface area (Å²) < 4.78 is 44.2. The van der Waals surface area contributed by atoms with Crippen LogP contribution in [0.4, 0.5) is 19.0 Å². The Kier molecular flexibility index (Phi) is 8.95. The lowest BCUT2D eigenvalue weighted by Gasteiger charge is -2.10. The Morgan fingerprint density at radius 2 is 1.95 bits per heavy atom. The van der Waals surface area contributed by atoms with Crippen molar-refractivity contribution in [3.63, 3.8) is 0 Å². The van der Waals surface area contributed by atoms with Gasteiger partial charge in [0.15, 0.2) is 0 Å². The fraction of sp³-hybridized carbons (Fsp3) is 0.217. The van der Waals surface area contributed by atoms with Gasteiger partial charge in [-0.25, -0.2) is 15.0 Å². The lowest BCUT2D eigenvalue weighted by Crippen LogP contribution is -2.24. The zero-order chi connectivity index (χ0) is 27.2. The summed E-state index contributed by atoms with van der Waals surface area (Å²) in [6.45, 7) is 1.67. The van der Waals surface area contributed by atoms with E-state index in [0.29, 0.717) is 28.2 Å². The van der Waals surface area contributed by atoms with Gasteiger partial charge in [0.2, 0.25) is 11.8 Å². The second-order valence-corrected chi connectivity index (χ2v) is 8.79. The molecule has 0 bridgehead atoms. The number of hydrogen-bond acceptors (Lipinski definition) is 8. The lowest BCUT2D eigenvalue weighted by molar-refractivity contribution is -0.137. The predicted molar refractivity (Wildman–Crippen MR) is 133 cm³/mol. The molecule has 0 aliphatic heterocycles. The Morgan fingerprint density at radius 1 is 1.19 bits per heavy atom. The highest BCUT2D eigenvalue weighted by atomic mass is 35.5. The van der Waals surface area contributed by atoms with E-state index in [2.05, 4.69) is 30.6 Å². The number of halogens is 4. The molecule has 3 aromatic rings. The molecule has 3 rings (SSSR count). The summed E-state index contributed by atoms with van der Waals surface area (Å²) in [4.78, 5) is 41.1. The molecule has 194 valence electrons. The van der Waals surface area contributed by atoms with Crippen molar-refractivity contribution in [1.82, 2.24) is 20.3 Å². The zero-order valence-corrected chi connectivity index (χ0v) is 21.2. The number of aromatic nitrogens is 3. The van der Waals surface area contributed by atoms with Gasteiger partial charge in [0.25, 0.3) is 5.91 Å². The molecule has 0 aliphatic rings. The Balaban J connectivity index is 1.63. The molecule has 0 spiro atoms. The van der Waals surface area contributed by atoms with Gasteiger partial charge < -0.3 is 15.4 Å². The standard InChI is InChI=1S/C23H20ClF3N6O3S/c1-12(32-19(34)5-4-16(28-2)13-6-7-29-20(8-13)36-3)22-31-11-17(37-22)21(35)33-18-9-14(23(25,26)27)15(24)10-30-18/h4-12H,1-3H3,(H,32,34)(H,30,33,35)/b5-4+,28-16+. The number of ether oxygens (including phenoxy) is 1. The highest BCUT2D eigenvalue weighted by Gasteiger charge is 2.34. The van der Waals surface area contributed by atoms with Crippen LogP contribution in [0.25, 0.3) is 0 Å². The number of nitrogens with one attached hydrogen (secondary N) is 2. The number of pyridine rings is 2. The van der Waals surface area contributed by atoms with Gasteiger partial charge in [0, 0.05) is 37.1 Å². The lowest BCUT2D eigenvalue weighted by atomic mass is 10.1. The summed E-state index contributed by atoms with van der Waals surface area (Å²) in [7, 11) is 3.07. The number of rotatable bonds is 8. The first-order valence-corrected chi connectivity index (χ1v) is 11.7. The molecule has 2 amide bonds. The zero-order valence-electron chi connectivity index (χ0n) is 19.6. The molecule has 9 nitrogen and oxygen atoms in total. The van der Waals surface area contributed by atoms with Gasteiger partial charge in [0.1, 0.15) is 15.7 Å². The van der Waals surface area contributed by atoms with Crippen molar-refractivity contribution in [2.24, 2.45) is 4.99 Å². The molecule has 3 heterocycles. The minimum absolute atomic E-state index is 0.115. The van der Waals surface area contributed by atoms with Crippen molar-refractivity contribution in [2.45, 2.75) is 19.1 Å². The Labute approximate surface area is 218 Å². The molecule has 1 unspecified atom stereocenters. The molecule has 0 saturated heterocycles. The Morgan fingerprint density at radius 3 is 2.62 bits per heavy atom. The average Bonchev–Trinajstić information content (AvgIpc) is 3.36. The average molecular weight is 553 g/mol. The molecular weight excluding hydrogens is 533 g/mol. The van der Waals surface area contributed by atoms with E-state index in [4.69, 9.17) is 16.3 Å². The van der Waals surface area contributed by atoms with Gasteiger partial charge in [-0.05, 0) is 25.1 Å². The molecule has 0 radical (unpaired) electrons. The summed E-state index contributed by atoms with van der Waals surface area (Å²) >= 11 is 6.52. The third kappa shape index (κ3) is 7.33. The molecule has 1 atom stereocenters. The number of allylic oxidation sites excluding steroid dienone is 1. The number of carbonyl (C=O) groups excluding carboxylic acids is 2. The quantitative estimate of drug-likeness (QED) is 0.308. The van der Waals surface area contributed by atoms with Crippen LogP contribution in [-0.4, -0.2) is 46.6 Å². The van der Waals surface area contributed by atoms with E-state index in [1.807, 2.05) is 0 Å². The van der Waals surface area contributed by atoms with Crippen LogP contribution in [0.15, 0.2) is 53.9 Å². The maximum atomic E-state index is 13.0. The van der Waals surface area contributed by atoms with Gasteiger partial charge in [-0.3, -0.25) is 14.6 Å². The fourth-order valence-corrected chi connectivity index (χ4v) is 3.98. The molecule has 14 heteroatoms. The van der Waals surface area contributed by atoms with E-state index in [1.165, 1.54) is 25.5 Å². The van der Waals surface area contributed by atoms with E-state index < -0.39 is 34.6 Å². The first-order valence-electron chi connectivity index (χ1n) is 10.5. The number of hydrogen-bond donors (Lipinski definition) is 2. The minimum Gasteiger partial charge on any atom is -0.481 e. The topological polar surface area (TPSA) is 118 Å². The number of anilines is 1. The smallest absolute Gasteiger partial charge is 0.418 e. The first-order chi connectivity index (χ1) is 17.5. The Hall–Kier alpha value is -3.84. The number of carbonyl (C=O) groups is 2. The van der Waals surface area contributed by atoms with Crippen molar-refractivity contribution in [3.05, 3.63) is 75.0 Å². The van der Waals surface area contributed by atoms with Crippen LogP contribution in [0.3, 0.4) is 0 Å². The molecule has 0 aromatic carbocycles. The third-order valence-electron chi connectivity index (χ3n) is 4.75. The van der Waals surface area contributed by atoms with Gasteiger partial charge >= 0.3 is 6.18 Å². The van der Waals surface area contributed by atoms with Crippen LogP contribution < -0.4 is 15.4 Å². The highest BCUT2D eigenvalue weighted by molar-refractivity contribution is 7.13. The minimum atomic E-state index is -4.70. The monoisotopic (exact) mass is 552 g/mol. The van der Waals surface area contributed by atoms with E-state index in [9.17, 15) is 22.8 Å². The largest absolute Gasteiger partial charge is 0.481 e. The fourth-order valence-electron chi connectivity index (χ4n) is 2.95. The van der Waals surface area contributed by atoms with Crippen molar-refractivity contribution in [2.75, 3.05) is 19.5 Å². The summed E-state index contributed by atoms with van der Waals surface area (Å²) in [5.41, 5.74) is 0.119. The van der Waals surface area contributed by atoms with Crippen molar-refractivity contribution in [3.8, 4) is 5.88 Å². The van der Waals surface area contributed by atoms with Crippen LogP contribution in [0.1, 0.15) is 38.8 Å². The second kappa shape index (κ2) is 11.9. The summed E-state index contributed by atoms with van der Waals surface area (Å²) in [6, 6.07) is 3.49. The van der Waals surface area contributed by atoms with Crippen molar-refractivity contribution in [1.29, 1.82) is 0 Å². The summed E-state index contributed by atoms with van der Waals surface area (Å²) in [6.07, 6.45) is 1.76. The maximum Gasteiger partial charge on any atom is 0.418 e. The van der Waals surface area contributed by atoms with E-state index >= 15 is 0 Å². The first kappa shape index (κ1) is 27.7. The van der Waals surface area contributed by atoms with Crippen LogP contribution >= 0.6 is 22.9 Å². The molecule has 0 fully saturated rings. The molecular formula is C23H20ClF3N6O3S. The van der Waals surface area contributed by atoms with Crippen molar-refractivity contribution >= 4 is 46.3 Å². The number of amides is 2. The van der Waals surface area contributed by atoms with E-state index in [-0.39, 0.29) is 10.7 Å². The number of alkyl halides is 3. The predicted octanol–water partition coefficient (Wildman–Crippen LogP) is 4.72. The molecule has 3 aromatic heterocycles. The number of thiazole rings is 1. The number of aliphatic imine (C=N–C) groups is 1. The Bertz CT molecular complexity index is 1360. The second-order valence-electron chi connectivity index (χ2n) is 7.32. The molecule has 0 aliphatic carbocycles. The van der Waals surface area contributed by atoms with Crippen LogP contribution in [0, 0.1) is 0 Å². The van der Waals surface area contributed by atoms with Gasteiger partial charge in [-0.15, -0.1) is 11.3 Å². The SMILES string of the molecule is C/N=C(\C=C\C(=O)NC(C)c1ncc(C(=O)Nc2cc(C(F)(F)F)c(Cl)cn2)s1)c1ccnc(OC)c1. The van der Waals surface area contributed by atoms with Crippen LogP contribution in [-0.2, 0) is 11.0 Å².